The lowest BCUT2D eigenvalue weighted by Gasteiger charge is -2.14. The summed E-state index contributed by atoms with van der Waals surface area (Å²) in [6, 6.07) is 68.2. The van der Waals surface area contributed by atoms with E-state index in [2.05, 4.69) is 158 Å². The molecule has 53 heavy (non-hydrogen) atoms. The molecule has 248 valence electrons. The third-order valence-electron chi connectivity index (χ3n) is 10.1. The number of aromatic nitrogens is 2. The van der Waals surface area contributed by atoms with Crippen molar-refractivity contribution in [1.29, 1.82) is 0 Å². The molecule has 0 unspecified atom stereocenters. The van der Waals surface area contributed by atoms with Crippen molar-refractivity contribution in [3.63, 3.8) is 0 Å². The van der Waals surface area contributed by atoms with Crippen LogP contribution in [0.2, 0.25) is 0 Å². The molecular weight excluding hydrogens is 645 g/mol. The molecule has 0 atom stereocenters. The fraction of sp³-hybridized carbons (Fsp3) is 0. The Hall–Kier alpha value is -7.10. The third kappa shape index (κ3) is 5.75. The lowest BCUT2D eigenvalue weighted by atomic mass is 9.92. The first-order valence-corrected chi connectivity index (χ1v) is 17.9. The van der Waals surface area contributed by atoms with Gasteiger partial charge in [-0.3, -0.25) is 0 Å². The van der Waals surface area contributed by atoms with Gasteiger partial charge in [-0.05, 0) is 86.6 Å². The summed E-state index contributed by atoms with van der Waals surface area (Å²) in [7, 11) is 0. The van der Waals surface area contributed by atoms with Gasteiger partial charge in [-0.2, -0.15) is 0 Å². The van der Waals surface area contributed by atoms with Crippen molar-refractivity contribution in [2.24, 2.45) is 0 Å². The smallest absolute Gasteiger partial charge is 0.160 e. The van der Waals surface area contributed by atoms with Gasteiger partial charge in [0, 0.05) is 27.5 Å². The quantitative estimate of drug-likeness (QED) is 0.176. The maximum absolute atomic E-state index is 6.20. The molecule has 2 aromatic heterocycles. The van der Waals surface area contributed by atoms with Gasteiger partial charge < -0.3 is 4.42 Å². The Bertz CT molecular complexity index is 2860. The van der Waals surface area contributed by atoms with E-state index in [0.717, 1.165) is 72.3 Å². The van der Waals surface area contributed by atoms with E-state index in [0.29, 0.717) is 5.82 Å². The van der Waals surface area contributed by atoms with Crippen LogP contribution in [0.25, 0.3) is 100.0 Å². The largest absolute Gasteiger partial charge is 0.456 e. The van der Waals surface area contributed by atoms with Crippen LogP contribution in [0.5, 0.6) is 0 Å². The molecule has 0 aliphatic heterocycles. The Kier molecular flexibility index (Phi) is 7.47. The predicted octanol–water partition coefficient (Wildman–Crippen LogP) is 13.5. The number of nitrogens with zero attached hydrogens (tertiary/aromatic N) is 2. The molecule has 8 aromatic carbocycles. The molecule has 0 radical (unpaired) electrons. The molecule has 0 saturated carbocycles. The molecule has 3 nitrogen and oxygen atoms in total. The fourth-order valence-corrected chi connectivity index (χ4v) is 7.40. The number of furan rings is 1. The van der Waals surface area contributed by atoms with Crippen molar-refractivity contribution in [3.8, 4) is 67.3 Å². The Labute approximate surface area is 307 Å². The summed E-state index contributed by atoms with van der Waals surface area (Å²) in [6.07, 6.45) is 0. The molecular formula is C50H32N2O. The Morgan fingerprint density at radius 3 is 1.66 bits per heavy atom. The predicted molar refractivity (Wildman–Crippen MR) is 219 cm³/mol. The van der Waals surface area contributed by atoms with Crippen LogP contribution < -0.4 is 0 Å². The van der Waals surface area contributed by atoms with Crippen LogP contribution >= 0.6 is 0 Å². The Morgan fingerprint density at radius 1 is 0.302 bits per heavy atom. The first-order chi connectivity index (χ1) is 26.2. The van der Waals surface area contributed by atoms with Gasteiger partial charge in [0.25, 0.3) is 0 Å². The summed E-state index contributed by atoms with van der Waals surface area (Å²) in [6.45, 7) is 0. The average Bonchev–Trinajstić information content (AvgIpc) is 3.62. The second-order valence-electron chi connectivity index (χ2n) is 13.4. The molecule has 10 rings (SSSR count). The summed E-state index contributed by atoms with van der Waals surface area (Å²) < 4.78 is 6.20. The molecule has 0 N–H and O–H groups in total. The SMILES string of the molecule is c1ccc(-c2cc(-c3cc(-c4ccc(-c5cccc6ccccc56)cc4)cc(-c4ccc5oc6ccccc6c5c4)c3)nc(-c3ccccc3)n2)cc1. The molecule has 0 spiro atoms. The van der Waals surface area contributed by atoms with E-state index in [1.807, 2.05) is 36.4 Å². The van der Waals surface area contributed by atoms with E-state index in [9.17, 15) is 0 Å². The number of benzene rings is 8. The number of rotatable bonds is 6. The molecule has 0 aliphatic carbocycles. The van der Waals surface area contributed by atoms with Gasteiger partial charge in [0.2, 0.25) is 0 Å². The number of hydrogen-bond donors (Lipinski definition) is 0. The van der Waals surface area contributed by atoms with E-state index in [1.54, 1.807) is 0 Å². The fourth-order valence-electron chi connectivity index (χ4n) is 7.40. The molecule has 3 heteroatoms. The van der Waals surface area contributed by atoms with E-state index in [4.69, 9.17) is 14.4 Å². The lowest BCUT2D eigenvalue weighted by Crippen LogP contribution is -1.96. The highest BCUT2D eigenvalue weighted by Gasteiger charge is 2.15. The normalized spacial score (nSPS) is 11.4. The molecule has 10 aromatic rings. The molecule has 2 heterocycles. The van der Waals surface area contributed by atoms with Crippen LogP contribution in [-0.2, 0) is 0 Å². The van der Waals surface area contributed by atoms with Crippen LogP contribution in [0.4, 0.5) is 0 Å². The second-order valence-corrected chi connectivity index (χ2v) is 13.4. The van der Waals surface area contributed by atoms with Crippen molar-refractivity contribution < 1.29 is 4.42 Å². The highest BCUT2D eigenvalue weighted by molar-refractivity contribution is 6.06. The zero-order valence-corrected chi connectivity index (χ0v) is 28.8. The van der Waals surface area contributed by atoms with Crippen LogP contribution in [0, 0.1) is 0 Å². The maximum atomic E-state index is 6.20. The minimum absolute atomic E-state index is 0.694. The van der Waals surface area contributed by atoms with Crippen LogP contribution in [0.1, 0.15) is 0 Å². The molecule has 0 aliphatic rings. The maximum Gasteiger partial charge on any atom is 0.160 e. The standard InChI is InChI=1S/C50H32N2O/c1-3-13-36(14-4-1)46-32-47(52-50(51-46)37-15-5-2-6-16-37)41-29-39(33-22-24-35(25-23-33)43-20-11-17-34-12-7-8-18-42(34)43)28-40(30-41)38-26-27-49-45(31-38)44-19-9-10-21-48(44)53-49/h1-32H. The molecule has 0 fully saturated rings. The van der Waals surface area contributed by atoms with Crippen LogP contribution in [-0.4, -0.2) is 9.97 Å². The summed E-state index contributed by atoms with van der Waals surface area (Å²) >= 11 is 0. The van der Waals surface area contributed by atoms with E-state index in [1.165, 1.54) is 21.9 Å². The summed E-state index contributed by atoms with van der Waals surface area (Å²) in [5.74, 6) is 0.694. The monoisotopic (exact) mass is 676 g/mol. The van der Waals surface area contributed by atoms with E-state index in [-0.39, 0.29) is 0 Å². The minimum atomic E-state index is 0.694. The first kappa shape index (κ1) is 30.7. The van der Waals surface area contributed by atoms with Crippen molar-refractivity contribution in [2.75, 3.05) is 0 Å². The average molecular weight is 677 g/mol. The first-order valence-electron chi connectivity index (χ1n) is 17.9. The summed E-state index contributed by atoms with van der Waals surface area (Å²) in [4.78, 5) is 10.3. The highest BCUT2D eigenvalue weighted by Crippen LogP contribution is 2.38. The van der Waals surface area contributed by atoms with Crippen molar-refractivity contribution in [1.82, 2.24) is 9.97 Å². The lowest BCUT2D eigenvalue weighted by molar-refractivity contribution is 0.669. The zero-order valence-electron chi connectivity index (χ0n) is 28.8. The van der Waals surface area contributed by atoms with Crippen LogP contribution in [0.3, 0.4) is 0 Å². The van der Waals surface area contributed by atoms with Gasteiger partial charge in [0.15, 0.2) is 5.82 Å². The number of fused-ring (bicyclic) bond motifs is 4. The van der Waals surface area contributed by atoms with E-state index >= 15 is 0 Å². The van der Waals surface area contributed by atoms with Gasteiger partial charge in [-0.25, -0.2) is 9.97 Å². The van der Waals surface area contributed by atoms with Gasteiger partial charge >= 0.3 is 0 Å². The second kappa shape index (κ2) is 12.9. The van der Waals surface area contributed by atoms with Crippen molar-refractivity contribution >= 4 is 32.7 Å². The molecule has 0 amide bonds. The van der Waals surface area contributed by atoms with Crippen molar-refractivity contribution in [2.45, 2.75) is 0 Å². The number of hydrogen-bond acceptors (Lipinski definition) is 3. The van der Waals surface area contributed by atoms with Crippen LogP contribution in [0.15, 0.2) is 199 Å². The topological polar surface area (TPSA) is 38.9 Å². The number of para-hydroxylation sites is 1. The zero-order chi connectivity index (χ0) is 35.1. The van der Waals surface area contributed by atoms with Crippen molar-refractivity contribution in [3.05, 3.63) is 194 Å². The van der Waals surface area contributed by atoms with Gasteiger partial charge in [0.1, 0.15) is 11.2 Å². The highest BCUT2D eigenvalue weighted by atomic mass is 16.3. The summed E-state index contributed by atoms with van der Waals surface area (Å²) in [5, 5.41) is 4.70. The third-order valence-corrected chi connectivity index (χ3v) is 10.1. The summed E-state index contributed by atoms with van der Waals surface area (Å²) in [5.41, 5.74) is 13.4. The molecule has 0 saturated heterocycles. The van der Waals surface area contributed by atoms with Gasteiger partial charge in [-0.15, -0.1) is 0 Å². The Morgan fingerprint density at radius 2 is 0.868 bits per heavy atom. The van der Waals surface area contributed by atoms with Gasteiger partial charge in [-0.1, -0.05) is 152 Å². The van der Waals surface area contributed by atoms with E-state index < -0.39 is 0 Å². The Balaban J connectivity index is 1.16. The minimum Gasteiger partial charge on any atom is -0.456 e. The molecule has 0 bridgehead atoms. The van der Waals surface area contributed by atoms with Gasteiger partial charge in [0.05, 0.1) is 11.4 Å².